The Bertz CT molecular complexity index is 2490. The van der Waals surface area contributed by atoms with Gasteiger partial charge in [-0.2, -0.15) is 0 Å². The SMILES string of the molecule is CC(C)(C)c1cc(Oc2ccc3c4ccccc4n(-c4cc(C(C)(C)C)ccn4)c3c2)cc(N2CN(c3ccccc3C(C)(C)C)c3ccccc32)c1. The largest absolute Gasteiger partial charge is 0.457 e. The van der Waals surface area contributed by atoms with Crippen LogP contribution < -0.4 is 14.5 Å². The van der Waals surface area contributed by atoms with Crippen molar-refractivity contribution in [2.45, 2.75) is 78.6 Å². The van der Waals surface area contributed by atoms with Crippen molar-refractivity contribution in [1.82, 2.24) is 9.55 Å². The van der Waals surface area contributed by atoms with Crippen molar-refractivity contribution >= 4 is 44.6 Å². The van der Waals surface area contributed by atoms with Gasteiger partial charge in [-0.3, -0.25) is 4.57 Å². The van der Waals surface area contributed by atoms with Gasteiger partial charge in [-0.25, -0.2) is 4.98 Å². The Kier molecular flexibility index (Phi) is 8.17. The molecule has 0 aliphatic carbocycles. The van der Waals surface area contributed by atoms with E-state index >= 15 is 0 Å². The first-order valence-electron chi connectivity index (χ1n) is 18.7. The molecule has 0 saturated heterocycles. The van der Waals surface area contributed by atoms with E-state index in [1.807, 2.05) is 6.20 Å². The molecule has 3 heterocycles. The number of para-hydroxylation sites is 4. The molecule has 0 unspecified atom stereocenters. The molecule has 1 aliphatic rings. The minimum atomic E-state index is -0.0913. The highest BCUT2D eigenvalue weighted by Gasteiger charge is 2.32. The number of ether oxygens (including phenoxy) is 1. The van der Waals surface area contributed by atoms with Crippen LogP contribution in [0.2, 0.25) is 0 Å². The third-order valence-corrected chi connectivity index (χ3v) is 10.5. The smallest absolute Gasteiger partial charge is 0.137 e. The second kappa shape index (κ2) is 12.5. The molecule has 5 nitrogen and oxygen atoms in total. The van der Waals surface area contributed by atoms with Crippen LogP contribution in [-0.2, 0) is 16.2 Å². The quantitative estimate of drug-likeness (QED) is 0.179. The second-order valence-electron chi connectivity index (χ2n) is 17.5. The zero-order valence-corrected chi connectivity index (χ0v) is 32.5. The summed E-state index contributed by atoms with van der Waals surface area (Å²) in [6.45, 7) is 21.1. The fourth-order valence-electron chi connectivity index (χ4n) is 7.62. The fourth-order valence-corrected chi connectivity index (χ4v) is 7.62. The molecule has 0 bridgehead atoms. The van der Waals surface area contributed by atoms with Crippen molar-refractivity contribution < 1.29 is 4.74 Å². The summed E-state index contributed by atoms with van der Waals surface area (Å²) in [4.78, 5) is 9.76. The Morgan fingerprint density at radius 3 is 1.87 bits per heavy atom. The van der Waals surface area contributed by atoms with E-state index < -0.39 is 0 Å². The maximum Gasteiger partial charge on any atom is 0.137 e. The summed E-state index contributed by atoms with van der Waals surface area (Å²) < 4.78 is 9.15. The molecule has 7 aromatic rings. The molecule has 0 fully saturated rings. The van der Waals surface area contributed by atoms with Gasteiger partial charge in [0.15, 0.2) is 0 Å². The molecule has 0 amide bonds. The van der Waals surface area contributed by atoms with Gasteiger partial charge in [0, 0.05) is 40.5 Å². The molecule has 1 aliphatic heterocycles. The summed E-state index contributed by atoms with van der Waals surface area (Å²) >= 11 is 0. The van der Waals surface area contributed by atoms with Crippen LogP contribution in [0.1, 0.15) is 79.0 Å². The van der Waals surface area contributed by atoms with Crippen molar-refractivity contribution in [2.24, 2.45) is 0 Å². The molecule has 53 heavy (non-hydrogen) atoms. The standard InChI is InChI=1S/C48H50N4O/c1-46(2,3)32-24-25-49-45(28-32)52-40-18-12-10-16-37(40)38-23-22-35(30-44(38)52)53-36-27-33(47(4,5)6)26-34(29-36)50-31-51(43-21-15-14-20-42(43)50)41-19-13-11-17-39(41)48(7,8)9/h10-30H,31H2,1-9H3. The lowest BCUT2D eigenvalue weighted by Gasteiger charge is -2.30. The van der Waals surface area contributed by atoms with Gasteiger partial charge in [-0.15, -0.1) is 0 Å². The van der Waals surface area contributed by atoms with Gasteiger partial charge >= 0.3 is 0 Å². The highest BCUT2D eigenvalue weighted by molar-refractivity contribution is 6.09. The Hall–Kier alpha value is -5.55. The van der Waals surface area contributed by atoms with Gasteiger partial charge < -0.3 is 14.5 Å². The number of anilines is 4. The Morgan fingerprint density at radius 1 is 0.509 bits per heavy atom. The third kappa shape index (κ3) is 6.33. The van der Waals surface area contributed by atoms with E-state index in [4.69, 9.17) is 9.72 Å². The molecule has 5 heteroatoms. The van der Waals surface area contributed by atoms with Crippen LogP contribution in [-0.4, -0.2) is 16.2 Å². The topological polar surface area (TPSA) is 33.5 Å². The molecular weight excluding hydrogens is 649 g/mol. The van der Waals surface area contributed by atoms with Crippen molar-refractivity contribution in [3.63, 3.8) is 0 Å². The summed E-state index contributed by atoms with van der Waals surface area (Å²) in [5, 5.41) is 2.36. The lowest BCUT2D eigenvalue weighted by molar-refractivity contribution is 0.479. The average Bonchev–Trinajstić information content (AvgIpc) is 3.67. The predicted octanol–water partition coefficient (Wildman–Crippen LogP) is 13.1. The summed E-state index contributed by atoms with van der Waals surface area (Å²) in [6, 6.07) is 43.6. The number of hydrogen-bond donors (Lipinski definition) is 0. The first kappa shape index (κ1) is 34.5. The summed E-state index contributed by atoms with van der Waals surface area (Å²) in [5.74, 6) is 2.50. The number of benzene rings is 5. The molecule has 268 valence electrons. The maximum atomic E-state index is 6.88. The molecule has 0 N–H and O–H groups in total. The van der Waals surface area contributed by atoms with Gasteiger partial charge in [0.1, 0.15) is 24.0 Å². The highest BCUT2D eigenvalue weighted by atomic mass is 16.5. The lowest BCUT2D eigenvalue weighted by Crippen LogP contribution is -2.27. The van der Waals surface area contributed by atoms with Crippen molar-refractivity contribution in [1.29, 1.82) is 0 Å². The van der Waals surface area contributed by atoms with E-state index in [2.05, 4.69) is 198 Å². The van der Waals surface area contributed by atoms with E-state index in [1.54, 1.807) is 0 Å². The maximum absolute atomic E-state index is 6.88. The molecular formula is C48H50N4O. The third-order valence-electron chi connectivity index (χ3n) is 10.5. The van der Waals surface area contributed by atoms with Crippen molar-refractivity contribution in [2.75, 3.05) is 16.5 Å². The zero-order valence-electron chi connectivity index (χ0n) is 32.5. The summed E-state index contributed by atoms with van der Waals surface area (Å²) in [5.41, 5.74) is 10.6. The van der Waals surface area contributed by atoms with Crippen LogP contribution in [0, 0.1) is 0 Å². The summed E-state index contributed by atoms with van der Waals surface area (Å²) in [7, 11) is 0. The molecule has 5 aromatic carbocycles. The van der Waals surface area contributed by atoms with Crippen LogP contribution >= 0.6 is 0 Å². The molecule has 8 rings (SSSR count). The number of nitrogens with zero attached hydrogens (tertiary/aromatic N) is 4. The molecule has 0 atom stereocenters. The molecule has 0 radical (unpaired) electrons. The Labute approximate surface area is 314 Å². The van der Waals surface area contributed by atoms with E-state index in [0.717, 1.165) is 34.0 Å². The van der Waals surface area contributed by atoms with E-state index in [9.17, 15) is 0 Å². The van der Waals surface area contributed by atoms with Crippen LogP contribution in [0.5, 0.6) is 11.5 Å². The van der Waals surface area contributed by atoms with Gasteiger partial charge in [-0.05, 0) is 93.6 Å². The fraction of sp³-hybridized carbons (Fsp3) is 0.271. The Morgan fingerprint density at radius 2 is 1.15 bits per heavy atom. The van der Waals surface area contributed by atoms with Gasteiger partial charge in [0.2, 0.25) is 0 Å². The normalized spacial score (nSPS) is 13.6. The summed E-state index contributed by atoms with van der Waals surface area (Å²) in [6.07, 6.45) is 1.93. The second-order valence-corrected chi connectivity index (χ2v) is 17.5. The number of aromatic nitrogens is 2. The number of rotatable bonds is 5. The molecule has 2 aromatic heterocycles. The van der Waals surface area contributed by atoms with E-state index in [-0.39, 0.29) is 16.2 Å². The van der Waals surface area contributed by atoms with Crippen molar-refractivity contribution in [3.8, 4) is 17.3 Å². The van der Waals surface area contributed by atoms with Crippen LogP contribution in [0.4, 0.5) is 22.7 Å². The predicted molar refractivity (Wildman–Crippen MR) is 223 cm³/mol. The molecule has 0 saturated carbocycles. The van der Waals surface area contributed by atoms with Crippen molar-refractivity contribution in [3.05, 3.63) is 144 Å². The number of hydrogen-bond acceptors (Lipinski definition) is 4. The average molecular weight is 699 g/mol. The van der Waals surface area contributed by atoms with Gasteiger partial charge in [0.05, 0.1) is 22.4 Å². The highest BCUT2D eigenvalue weighted by Crippen LogP contribution is 2.48. The monoisotopic (exact) mass is 698 g/mol. The Balaban J connectivity index is 1.22. The van der Waals surface area contributed by atoms with Crippen LogP contribution in [0.3, 0.4) is 0 Å². The van der Waals surface area contributed by atoms with Gasteiger partial charge in [0.25, 0.3) is 0 Å². The minimum absolute atomic E-state index is 0.00334. The van der Waals surface area contributed by atoms with Gasteiger partial charge in [-0.1, -0.05) is 111 Å². The van der Waals surface area contributed by atoms with Crippen LogP contribution in [0.15, 0.2) is 128 Å². The zero-order chi connectivity index (χ0) is 37.3. The van der Waals surface area contributed by atoms with E-state index in [1.165, 1.54) is 44.5 Å². The minimum Gasteiger partial charge on any atom is -0.457 e. The first-order chi connectivity index (χ1) is 25.2. The first-order valence-corrected chi connectivity index (χ1v) is 18.7. The molecule has 0 spiro atoms. The lowest BCUT2D eigenvalue weighted by atomic mass is 9.85. The number of pyridine rings is 1. The van der Waals surface area contributed by atoms with Crippen LogP contribution in [0.25, 0.3) is 27.6 Å². The number of fused-ring (bicyclic) bond motifs is 4. The van der Waals surface area contributed by atoms with E-state index in [0.29, 0.717) is 6.67 Å².